The molecule has 0 aromatic carbocycles. The average molecular weight is 341 g/mol. The Morgan fingerprint density at radius 1 is 1.44 bits per heavy atom. The molecule has 9 heteroatoms. The molecule has 2 aromatic heterocycles. The van der Waals surface area contributed by atoms with Gasteiger partial charge >= 0.3 is 0 Å². The van der Waals surface area contributed by atoms with E-state index in [2.05, 4.69) is 25.7 Å². The minimum Gasteiger partial charge on any atom is -0.370 e. The van der Waals surface area contributed by atoms with E-state index in [-0.39, 0.29) is 24.2 Å². The van der Waals surface area contributed by atoms with Crippen molar-refractivity contribution in [3.05, 3.63) is 41.5 Å². The number of anilines is 1. The summed E-state index contributed by atoms with van der Waals surface area (Å²) >= 11 is 0. The van der Waals surface area contributed by atoms with Gasteiger partial charge in [-0.3, -0.25) is 24.6 Å². The third-order valence-corrected chi connectivity index (χ3v) is 4.06. The number of aromatic nitrogens is 3. The lowest BCUT2D eigenvalue weighted by Crippen LogP contribution is -2.46. The number of guanidine groups is 1. The molecule has 130 valence electrons. The second-order valence-electron chi connectivity index (χ2n) is 6.17. The van der Waals surface area contributed by atoms with Crippen LogP contribution in [-0.2, 0) is 17.4 Å². The highest BCUT2D eigenvalue weighted by Gasteiger charge is 2.34. The summed E-state index contributed by atoms with van der Waals surface area (Å²) in [6.07, 6.45) is 1.68. The molecule has 0 spiro atoms. The number of hydrogen-bond donors (Lipinski definition) is 3. The zero-order chi connectivity index (χ0) is 18.2. The van der Waals surface area contributed by atoms with E-state index in [1.807, 2.05) is 6.92 Å². The molecule has 2 amide bonds. The number of nitrogens with two attached hydrogens (primary N) is 1. The van der Waals surface area contributed by atoms with Gasteiger partial charge in [0, 0.05) is 24.6 Å². The number of aryl methyl sites for hydroxylation is 2. The van der Waals surface area contributed by atoms with Gasteiger partial charge in [0.25, 0.3) is 5.91 Å². The molecule has 1 atom stereocenters. The van der Waals surface area contributed by atoms with Gasteiger partial charge in [0.05, 0.1) is 12.1 Å². The smallest absolute Gasteiger partial charge is 0.276 e. The summed E-state index contributed by atoms with van der Waals surface area (Å²) in [6.45, 7) is 3.64. The van der Waals surface area contributed by atoms with Crippen molar-refractivity contribution >= 4 is 23.5 Å². The van der Waals surface area contributed by atoms with Crippen LogP contribution in [0.25, 0.3) is 0 Å². The van der Waals surface area contributed by atoms with Crippen LogP contribution in [0.15, 0.2) is 29.4 Å². The molecule has 3 heterocycles. The zero-order valence-electron chi connectivity index (χ0n) is 14.2. The van der Waals surface area contributed by atoms with Crippen LogP contribution in [0.3, 0.4) is 0 Å². The van der Waals surface area contributed by atoms with Crippen LogP contribution in [0, 0.1) is 6.92 Å². The van der Waals surface area contributed by atoms with E-state index >= 15 is 0 Å². The quantitative estimate of drug-likeness (QED) is 0.746. The van der Waals surface area contributed by atoms with Crippen LogP contribution in [0.5, 0.6) is 0 Å². The van der Waals surface area contributed by atoms with Crippen molar-refractivity contribution in [3.8, 4) is 0 Å². The van der Waals surface area contributed by atoms with E-state index in [1.54, 1.807) is 43.0 Å². The van der Waals surface area contributed by atoms with Gasteiger partial charge in [-0.15, -0.1) is 0 Å². The molecule has 4 N–H and O–H groups in total. The fraction of sp³-hybridized carbons (Fsp3) is 0.312. The molecule has 1 aliphatic heterocycles. The molecule has 0 saturated heterocycles. The van der Waals surface area contributed by atoms with Crippen molar-refractivity contribution in [2.45, 2.75) is 25.8 Å². The zero-order valence-corrected chi connectivity index (χ0v) is 14.2. The molecule has 9 nitrogen and oxygen atoms in total. The standard InChI is InChI=1S/C16H19N7O2/c1-9-6-11(22-23(9)3)14(25)19-10-4-5-18-12(7-10)16(2)8-13(24)20-15(17)21-16/h4-7H,8H2,1-3H3,(H,18,19,25)(H3,17,20,21,24). The van der Waals surface area contributed by atoms with Crippen molar-refractivity contribution in [1.82, 2.24) is 20.1 Å². The number of aliphatic imine (C=N–C) groups is 1. The molecule has 0 aliphatic carbocycles. The van der Waals surface area contributed by atoms with Crippen LogP contribution < -0.4 is 16.4 Å². The first-order valence-corrected chi connectivity index (χ1v) is 7.70. The molecule has 3 rings (SSSR count). The molecule has 0 saturated carbocycles. The third kappa shape index (κ3) is 3.35. The maximum Gasteiger partial charge on any atom is 0.276 e. The molecular weight excluding hydrogens is 322 g/mol. The highest BCUT2D eigenvalue weighted by atomic mass is 16.2. The Balaban J connectivity index is 1.85. The monoisotopic (exact) mass is 341 g/mol. The third-order valence-electron chi connectivity index (χ3n) is 4.06. The highest BCUT2D eigenvalue weighted by Crippen LogP contribution is 2.30. The van der Waals surface area contributed by atoms with E-state index in [4.69, 9.17) is 5.73 Å². The molecule has 0 fully saturated rings. The number of nitrogens with zero attached hydrogens (tertiary/aromatic N) is 4. The molecule has 0 bridgehead atoms. The van der Waals surface area contributed by atoms with E-state index in [1.165, 1.54) is 0 Å². The Labute approximate surface area is 144 Å². The minimum absolute atomic E-state index is 0.0546. The van der Waals surface area contributed by atoms with Gasteiger partial charge in [-0.2, -0.15) is 5.10 Å². The Hall–Kier alpha value is -3.23. The fourth-order valence-electron chi connectivity index (χ4n) is 2.65. The summed E-state index contributed by atoms with van der Waals surface area (Å²) in [5.41, 5.74) is 7.07. The summed E-state index contributed by atoms with van der Waals surface area (Å²) < 4.78 is 1.63. The van der Waals surface area contributed by atoms with Crippen molar-refractivity contribution < 1.29 is 9.59 Å². The summed E-state index contributed by atoms with van der Waals surface area (Å²) in [4.78, 5) is 32.7. The lowest BCUT2D eigenvalue weighted by Gasteiger charge is -2.28. The number of carbonyl (C=O) groups is 2. The number of carbonyl (C=O) groups excluding carboxylic acids is 2. The number of amides is 2. The predicted octanol–water partition coefficient (Wildman–Crippen LogP) is 0.426. The van der Waals surface area contributed by atoms with Gasteiger partial charge in [-0.25, -0.2) is 4.99 Å². The molecule has 2 aromatic rings. The van der Waals surface area contributed by atoms with Crippen LogP contribution >= 0.6 is 0 Å². The Bertz CT molecular complexity index is 867. The summed E-state index contributed by atoms with van der Waals surface area (Å²) in [5, 5.41) is 9.39. The van der Waals surface area contributed by atoms with Crippen molar-refractivity contribution in [2.24, 2.45) is 17.8 Å². The topological polar surface area (TPSA) is 127 Å². The van der Waals surface area contributed by atoms with Crippen LogP contribution in [0.2, 0.25) is 0 Å². The van der Waals surface area contributed by atoms with Gasteiger partial charge in [-0.05, 0) is 32.0 Å². The lowest BCUT2D eigenvalue weighted by molar-refractivity contribution is -0.121. The normalized spacial score (nSPS) is 20.0. The van der Waals surface area contributed by atoms with Crippen LogP contribution in [-0.4, -0.2) is 32.5 Å². The maximum atomic E-state index is 12.3. The fourth-order valence-corrected chi connectivity index (χ4v) is 2.65. The van der Waals surface area contributed by atoms with Crippen molar-refractivity contribution in [3.63, 3.8) is 0 Å². The summed E-state index contributed by atoms with van der Waals surface area (Å²) in [7, 11) is 1.77. The molecular formula is C16H19N7O2. The van der Waals surface area contributed by atoms with E-state index in [9.17, 15) is 9.59 Å². The molecule has 0 radical (unpaired) electrons. The summed E-state index contributed by atoms with van der Waals surface area (Å²) in [5.74, 6) is -0.496. The second-order valence-corrected chi connectivity index (χ2v) is 6.17. The SMILES string of the molecule is Cc1cc(C(=O)Nc2ccnc(C3(C)CC(=O)NC(N)=N3)c2)nn1C. The maximum absolute atomic E-state index is 12.3. The molecule has 1 unspecified atom stereocenters. The molecule has 25 heavy (non-hydrogen) atoms. The number of hydrogen-bond acceptors (Lipinski definition) is 6. The van der Waals surface area contributed by atoms with Gasteiger partial charge in [0.1, 0.15) is 5.54 Å². The largest absolute Gasteiger partial charge is 0.370 e. The number of nitrogens with one attached hydrogen (secondary N) is 2. The van der Waals surface area contributed by atoms with Crippen LogP contribution in [0.4, 0.5) is 5.69 Å². The van der Waals surface area contributed by atoms with Gasteiger partial charge in [-0.1, -0.05) is 0 Å². The Morgan fingerprint density at radius 3 is 2.84 bits per heavy atom. The van der Waals surface area contributed by atoms with Crippen molar-refractivity contribution in [2.75, 3.05) is 5.32 Å². The second kappa shape index (κ2) is 6.00. The van der Waals surface area contributed by atoms with Crippen LogP contribution in [0.1, 0.15) is 35.2 Å². The average Bonchev–Trinajstić information content (AvgIpc) is 2.86. The number of pyridine rings is 1. The van der Waals surface area contributed by atoms with Gasteiger partial charge < -0.3 is 11.1 Å². The lowest BCUT2D eigenvalue weighted by atomic mass is 9.92. The highest BCUT2D eigenvalue weighted by molar-refractivity contribution is 6.03. The Kier molecular flexibility index (Phi) is 3.99. The van der Waals surface area contributed by atoms with E-state index < -0.39 is 5.54 Å². The van der Waals surface area contributed by atoms with E-state index in [0.717, 1.165) is 5.69 Å². The Morgan fingerprint density at radius 2 is 2.20 bits per heavy atom. The van der Waals surface area contributed by atoms with Gasteiger partial charge in [0.2, 0.25) is 5.91 Å². The summed E-state index contributed by atoms with van der Waals surface area (Å²) in [6, 6.07) is 5.05. The first-order valence-electron chi connectivity index (χ1n) is 7.70. The first-order chi connectivity index (χ1) is 11.8. The van der Waals surface area contributed by atoms with Crippen molar-refractivity contribution in [1.29, 1.82) is 0 Å². The van der Waals surface area contributed by atoms with Gasteiger partial charge in [0.15, 0.2) is 11.7 Å². The predicted molar refractivity (Wildman–Crippen MR) is 91.9 cm³/mol. The minimum atomic E-state index is -0.880. The first kappa shape index (κ1) is 16.6. The molecule has 1 aliphatic rings. The number of rotatable bonds is 3. The van der Waals surface area contributed by atoms with E-state index in [0.29, 0.717) is 17.1 Å².